The van der Waals surface area contributed by atoms with Gasteiger partial charge in [-0.15, -0.1) is 0 Å². The molecule has 0 saturated carbocycles. The van der Waals surface area contributed by atoms with Gasteiger partial charge in [0.2, 0.25) is 0 Å². The minimum absolute atomic E-state index is 0.225. The summed E-state index contributed by atoms with van der Waals surface area (Å²) in [6.45, 7) is 5.59. The molecule has 1 aliphatic rings. The van der Waals surface area contributed by atoms with E-state index in [1.807, 2.05) is 45.0 Å². The van der Waals surface area contributed by atoms with Gasteiger partial charge in [0.25, 0.3) is 5.91 Å². The first-order valence-electron chi connectivity index (χ1n) is 6.55. The van der Waals surface area contributed by atoms with E-state index in [2.05, 4.69) is 5.32 Å². The number of urea groups is 1. The first-order chi connectivity index (χ1) is 9.46. The first kappa shape index (κ1) is 14.1. The molecule has 0 spiro atoms. The summed E-state index contributed by atoms with van der Waals surface area (Å²) in [6, 6.07) is 7.07. The molecule has 0 aromatic heterocycles. The van der Waals surface area contributed by atoms with Gasteiger partial charge in [0, 0.05) is 0 Å². The fourth-order valence-electron chi connectivity index (χ4n) is 2.49. The number of benzene rings is 1. The Morgan fingerprint density at radius 3 is 2.55 bits per heavy atom. The highest BCUT2D eigenvalue weighted by atomic mass is 16.2. The Morgan fingerprint density at radius 2 is 2.00 bits per heavy atom. The van der Waals surface area contributed by atoms with Gasteiger partial charge in [0.1, 0.15) is 12.1 Å². The zero-order valence-electron chi connectivity index (χ0n) is 11.9. The van der Waals surface area contributed by atoms with Crippen LogP contribution in [0.25, 0.3) is 0 Å². The van der Waals surface area contributed by atoms with Crippen molar-refractivity contribution in [2.24, 2.45) is 0 Å². The lowest BCUT2D eigenvalue weighted by Crippen LogP contribution is -2.43. The second-order valence-corrected chi connectivity index (χ2v) is 5.04. The zero-order chi connectivity index (χ0) is 14.9. The predicted molar refractivity (Wildman–Crippen MR) is 73.7 cm³/mol. The van der Waals surface area contributed by atoms with E-state index in [0.29, 0.717) is 6.42 Å². The highest BCUT2D eigenvalue weighted by Crippen LogP contribution is 2.33. The van der Waals surface area contributed by atoms with Gasteiger partial charge in [-0.1, -0.05) is 25.1 Å². The molecule has 104 valence electrons. The molecule has 3 amide bonds. The van der Waals surface area contributed by atoms with E-state index < -0.39 is 11.6 Å². The van der Waals surface area contributed by atoms with Crippen LogP contribution in [0.15, 0.2) is 18.2 Å². The molecule has 1 aliphatic heterocycles. The Kier molecular flexibility index (Phi) is 3.49. The van der Waals surface area contributed by atoms with Crippen LogP contribution in [0.3, 0.4) is 0 Å². The van der Waals surface area contributed by atoms with E-state index in [4.69, 9.17) is 5.26 Å². The third kappa shape index (κ3) is 1.94. The Bertz CT molecular complexity index is 618. The smallest absolute Gasteiger partial charge is 0.319 e. The molecule has 5 heteroatoms. The minimum atomic E-state index is -1.05. The number of carbonyl (C=O) groups is 2. The van der Waals surface area contributed by atoms with Crippen LogP contribution >= 0.6 is 0 Å². The predicted octanol–water partition coefficient (Wildman–Crippen LogP) is 1.98. The minimum Gasteiger partial charge on any atom is -0.319 e. The van der Waals surface area contributed by atoms with E-state index >= 15 is 0 Å². The Balaban J connectivity index is 2.50. The summed E-state index contributed by atoms with van der Waals surface area (Å²) in [7, 11) is 0. The SMILES string of the molecule is CCC1(c2ccc(C)c(C)c2)NC(=O)N(CC#N)C1=O. The third-order valence-electron chi connectivity index (χ3n) is 3.93. The Hall–Kier alpha value is -2.35. The second kappa shape index (κ2) is 4.97. The molecule has 1 saturated heterocycles. The summed E-state index contributed by atoms with van der Waals surface area (Å²) in [4.78, 5) is 25.4. The fourth-order valence-corrected chi connectivity index (χ4v) is 2.49. The number of nitriles is 1. The number of amides is 3. The van der Waals surface area contributed by atoms with Crippen molar-refractivity contribution in [2.45, 2.75) is 32.7 Å². The fraction of sp³-hybridized carbons (Fsp3) is 0.400. The maximum absolute atomic E-state index is 12.5. The van der Waals surface area contributed by atoms with Crippen molar-refractivity contribution in [3.05, 3.63) is 34.9 Å². The molecule has 0 radical (unpaired) electrons. The number of hydrogen-bond acceptors (Lipinski definition) is 3. The van der Waals surface area contributed by atoms with Crippen molar-refractivity contribution in [3.63, 3.8) is 0 Å². The normalized spacial score (nSPS) is 21.8. The van der Waals surface area contributed by atoms with Crippen LogP contribution in [0.2, 0.25) is 0 Å². The summed E-state index contributed by atoms with van der Waals surface area (Å²) in [6.07, 6.45) is 0.446. The molecule has 2 rings (SSSR count). The van der Waals surface area contributed by atoms with Gasteiger partial charge in [-0.3, -0.25) is 4.79 Å². The number of nitrogens with one attached hydrogen (secondary N) is 1. The summed E-state index contributed by atoms with van der Waals surface area (Å²) < 4.78 is 0. The summed E-state index contributed by atoms with van der Waals surface area (Å²) in [5.41, 5.74) is 1.91. The standard InChI is InChI=1S/C15H17N3O2/c1-4-15(12-6-5-10(2)11(3)9-12)13(19)18(8-7-16)14(20)17-15/h5-6,9H,4,8H2,1-3H3,(H,17,20). The number of nitrogens with zero attached hydrogens (tertiary/aromatic N) is 2. The Labute approximate surface area is 118 Å². The summed E-state index contributed by atoms with van der Waals surface area (Å²) >= 11 is 0. The number of aryl methyl sites for hydroxylation is 2. The third-order valence-corrected chi connectivity index (χ3v) is 3.93. The van der Waals surface area contributed by atoms with Gasteiger partial charge in [-0.2, -0.15) is 5.26 Å². The quantitative estimate of drug-likeness (QED) is 0.675. The molecule has 5 nitrogen and oxygen atoms in total. The van der Waals surface area contributed by atoms with Crippen molar-refractivity contribution in [3.8, 4) is 6.07 Å². The number of rotatable bonds is 3. The lowest BCUT2D eigenvalue weighted by atomic mass is 9.85. The van der Waals surface area contributed by atoms with E-state index in [9.17, 15) is 9.59 Å². The Morgan fingerprint density at radius 1 is 1.30 bits per heavy atom. The lowest BCUT2D eigenvalue weighted by molar-refractivity contribution is -0.131. The largest absolute Gasteiger partial charge is 0.326 e. The van der Waals surface area contributed by atoms with Crippen molar-refractivity contribution in [1.82, 2.24) is 10.2 Å². The van der Waals surface area contributed by atoms with E-state index in [-0.39, 0.29) is 12.5 Å². The molecule has 1 unspecified atom stereocenters. The van der Waals surface area contributed by atoms with Crippen LogP contribution in [0.1, 0.15) is 30.0 Å². The lowest BCUT2D eigenvalue weighted by Gasteiger charge is -2.26. The zero-order valence-corrected chi connectivity index (χ0v) is 11.9. The van der Waals surface area contributed by atoms with E-state index in [1.165, 1.54) is 0 Å². The topological polar surface area (TPSA) is 73.2 Å². The summed E-state index contributed by atoms with van der Waals surface area (Å²) in [5, 5.41) is 11.5. The van der Waals surface area contributed by atoms with Gasteiger partial charge < -0.3 is 5.32 Å². The maximum Gasteiger partial charge on any atom is 0.326 e. The molecule has 1 heterocycles. The van der Waals surface area contributed by atoms with Crippen molar-refractivity contribution >= 4 is 11.9 Å². The van der Waals surface area contributed by atoms with Crippen LogP contribution in [-0.4, -0.2) is 23.4 Å². The number of imide groups is 1. The van der Waals surface area contributed by atoms with E-state index in [0.717, 1.165) is 21.6 Å². The van der Waals surface area contributed by atoms with Gasteiger partial charge in [0.05, 0.1) is 6.07 Å². The molecular formula is C15H17N3O2. The van der Waals surface area contributed by atoms with Gasteiger partial charge in [0.15, 0.2) is 0 Å². The molecule has 1 fully saturated rings. The van der Waals surface area contributed by atoms with E-state index in [1.54, 1.807) is 0 Å². The molecule has 0 aliphatic carbocycles. The molecule has 1 atom stereocenters. The molecule has 20 heavy (non-hydrogen) atoms. The molecule has 0 bridgehead atoms. The summed E-state index contributed by atoms with van der Waals surface area (Å²) in [5.74, 6) is -0.352. The van der Waals surface area contributed by atoms with Crippen LogP contribution < -0.4 is 5.32 Å². The molecule has 1 aromatic carbocycles. The maximum atomic E-state index is 12.5. The van der Waals surface area contributed by atoms with Crippen LogP contribution in [0, 0.1) is 25.2 Å². The van der Waals surface area contributed by atoms with Crippen molar-refractivity contribution in [2.75, 3.05) is 6.54 Å². The molecule has 1 aromatic rings. The average Bonchev–Trinajstić information content (AvgIpc) is 2.67. The highest BCUT2D eigenvalue weighted by molar-refractivity contribution is 6.07. The number of carbonyl (C=O) groups excluding carboxylic acids is 2. The number of hydrogen-bond donors (Lipinski definition) is 1. The van der Waals surface area contributed by atoms with Crippen LogP contribution in [-0.2, 0) is 10.3 Å². The average molecular weight is 271 g/mol. The van der Waals surface area contributed by atoms with Gasteiger partial charge in [-0.05, 0) is 37.0 Å². The molecule has 1 N–H and O–H groups in total. The highest BCUT2D eigenvalue weighted by Gasteiger charge is 2.51. The molecular weight excluding hydrogens is 254 g/mol. The van der Waals surface area contributed by atoms with Crippen molar-refractivity contribution < 1.29 is 9.59 Å². The second-order valence-electron chi connectivity index (χ2n) is 5.04. The van der Waals surface area contributed by atoms with Gasteiger partial charge in [-0.25, -0.2) is 9.69 Å². The van der Waals surface area contributed by atoms with Crippen LogP contribution in [0.4, 0.5) is 4.79 Å². The van der Waals surface area contributed by atoms with Crippen LogP contribution in [0.5, 0.6) is 0 Å². The van der Waals surface area contributed by atoms with Crippen molar-refractivity contribution in [1.29, 1.82) is 5.26 Å². The monoisotopic (exact) mass is 271 g/mol. The van der Waals surface area contributed by atoms with Gasteiger partial charge >= 0.3 is 6.03 Å². The first-order valence-corrected chi connectivity index (χ1v) is 6.55.